The minimum Gasteiger partial charge on any atom is -0.398 e. The fourth-order valence-corrected chi connectivity index (χ4v) is 2.77. The quantitative estimate of drug-likeness (QED) is 0.696. The number of benzene rings is 3. The topological polar surface area (TPSA) is 42.6 Å². The van der Waals surface area contributed by atoms with Gasteiger partial charge in [-0.15, -0.1) is 0 Å². The minimum atomic E-state index is 0.211. The fourth-order valence-electron chi connectivity index (χ4n) is 2.77. The Labute approximate surface area is 131 Å². The van der Waals surface area contributed by atoms with E-state index in [9.17, 15) is 0 Å². The van der Waals surface area contributed by atoms with Crippen molar-refractivity contribution in [3.8, 4) is 0 Å². The van der Waals surface area contributed by atoms with Gasteiger partial charge >= 0.3 is 0 Å². The van der Waals surface area contributed by atoms with Crippen LogP contribution in [0.2, 0.25) is 0 Å². The van der Waals surface area contributed by atoms with Crippen molar-refractivity contribution in [1.82, 2.24) is 0 Å². The normalized spacial score (nSPS) is 12.0. The van der Waals surface area contributed by atoms with Crippen LogP contribution in [0.1, 0.15) is 22.7 Å². The number of anilines is 1. The Balaban J connectivity index is 1.89. The molecule has 0 saturated heterocycles. The molecule has 110 valence electrons. The van der Waals surface area contributed by atoms with Crippen LogP contribution < -0.4 is 11.1 Å². The number of nitrogens with two attached hydrogens (primary N) is 2. The molecule has 1 atom stereocenters. The molecule has 3 aromatic carbocycles. The second-order valence-electron chi connectivity index (χ2n) is 5.44. The second-order valence-corrected chi connectivity index (χ2v) is 5.44. The Bertz CT molecular complexity index is 708. The van der Waals surface area contributed by atoms with Gasteiger partial charge in [0.2, 0.25) is 0 Å². The summed E-state index contributed by atoms with van der Waals surface area (Å²) in [6, 6.07) is 29.4. The molecule has 3 rings (SSSR count). The van der Waals surface area contributed by atoms with E-state index in [2.05, 4.69) is 66.0 Å². The number of hydrogen-bond donors (Lipinski definition) is 2. The smallest absolute Gasteiger partial charge is 0.140 e. The van der Waals surface area contributed by atoms with E-state index in [1.807, 2.05) is 24.3 Å². The highest BCUT2D eigenvalue weighted by molar-refractivity contribution is 5.50. The molecule has 0 bridgehead atoms. The minimum absolute atomic E-state index is 0.211. The Morgan fingerprint density at radius 2 is 1.32 bits per heavy atom. The number of para-hydroxylation sites is 1. The molecular formula is C20H21N2+. The maximum atomic E-state index is 6.21. The van der Waals surface area contributed by atoms with E-state index in [0.29, 0.717) is 0 Å². The first-order valence-corrected chi connectivity index (χ1v) is 7.61. The van der Waals surface area contributed by atoms with E-state index >= 15 is 0 Å². The van der Waals surface area contributed by atoms with Gasteiger partial charge in [0.15, 0.2) is 0 Å². The maximum Gasteiger partial charge on any atom is 0.140 e. The summed E-state index contributed by atoms with van der Waals surface area (Å²) in [4.78, 5) is 0. The number of quaternary nitrogens is 1. The summed E-state index contributed by atoms with van der Waals surface area (Å²) in [5.41, 5.74) is 10.8. The molecule has 1 unspecified atom stereocenters. The van der Waals surface area contributed by atoms with Crippen LogP contribution in [0.4, 0.5) is 5.69 Å². The molecule has 0 spiro atoms. The Morgan fingerprint density at radius 3 is 2.00 bits per heavy atom. The third-order valence-corrected chi connectivity index (χ3v) is 3.92. The summed E-state index contributed by atoms with van der Waals surface area (Å²) in [7, 11) is 0. The standard InChI is InChI=1S/C20H20N2/c21-19-14-8-7-13-18(19)20(17-11-5-2-6-12-17)22-15-16-9-3-1-4-10-16/h1-14,20,22H,15,21H2/p+1. The van der Waals surface area contributed by atoms with Crippen LogP contribution >= 0.6 is 0 Å². The number of hydrogen-bond acceptors (Lipinski definition) is 1. The van der Waals surface area contributed by atoms with Crippen molar-refractivity contribution in [2.45, 2.75) is 12.6 Å². The van der Waals surface area contributed by atoms with Crippen molar-refractivity contribution in [2.75, 3.05) is 5.73 Å². The van der Waals surface area contributed by atoms with Crippen LogP contribution in [-0.2, 0) is 6.54 Å². The summed E-state index contributed by atoms with van der Waals surface area (Å²) in [5.74, 6) is 0. The predicted octanol–water partition coefficient (Wildman–Crippen LogP) is 3.12. The highest BCUT2D eigenvalue weighted by Gasteiger charge is 2.19. The molecule has 0 radical (unpaired) electrons. The lowest BCUT2D eigenvalue weighted by Gasteiger charge is -2.18. The third kappa shape index (κ3) is 3.35. The van der Waals surface area contributed by atoms with Gasteiger partial charge in [0.1, 0.15) is 12.6 Å². The van der Waals surface area contributed by atoms with Crippen LogP contribution in [0.5, 0.6) is 0 Å². The van der Waals surface area contributed by atoms with Crippen molar-refractivity contribution in [3.63, 3.8) is 0 Å². The molecular weight excluding hydrogens is 268 g/mol. The summed E-state index contributed by atoms with van der Waals surface area (Å²) in [5, 5.41) is 2.34. The van der Waals surface area contributed by atoms with E-state index < -0.39 is 0 Å². The fraction of sp³-hybridized carbons (Fsp3) is 0.100. The summed E-state index contributed by atoms with van der Waals surface area (Å²) in [6.07, 6.45) is 0. The van der Waals surface area contributed by atoms with Crippen molar-refractivity contribution in [3.05, 3.63) is 102 Å². The summed E-state index contributed by atoms with van der Waals surface area (Å²) in [6.45, 7) is 0.925. The summed E-state index contributed by atoms with van der Waals surface area (Å²) >= 11 is 0. The highest BCUT2D eigenvalue weighted by Crippen LogP contribution is 2.23. The number of nitrogen functional groups attached to an aromatic ring is 1. The van der Waals surface area contributed by atoms with Gasteiger partial charge in [-0.1, -0.05) is 78.9 Å². The Morgan fingerprint density at radius 1 is 0.727 bits per heavy atom. The molecule has 0 aliphatic rings. The van der Waals surface area contributed by atoms with Crippen molar-refractivity contribution < 1.29 is 5.32 Å². The van der Waals surface area contributed by atoms with Crippen molar-refractivity contribution in [1.29, 1.82) is 0 Å². The molecule has 0 fully saturated rings. The van der Waals surface area contributed by atoms with E-state index in [4.69, 9.17) is 5.73 Å². The highest BCUT2D eigenvalue weighted by atomic mass is 14.9. The predicted molar refractivity (Wildman–Crippen MR) is 91.2 cm³/mol. The average molecular weight is 289 g/mol. The average Bonchev–Trinajstić information content (AvgIpc) is 2.58. The molecule has 0 aliphatic carbocycles. The van der Waals surface area contributed by atoms with Gasteiger partial charge in [-0.2, -0.15) is 0 Å². The van der Waals surface area contributed by atoms with Crippen LogP contribution in [0.3, 0.4) is 0 Å². The van der Waals surface area contributed by atoms with Gasteiger partial charge < -0.3 is 11.1 Å². The first-order valence-electron chi connectivity index (χ1n) is 7.61. The van der Waals surface area contributed by atoms with Crippen LogP contribution in [0, 0.1) is 0 Å². The van der Waals surface area contributed by atoms with Crippen LogP contribution in [-0.4, -0.2) is 0 Å². The lowest BCUT2D eigenvalue weighted by Crippen LogP contribution is -2.84. The molecule has 4 N–H and O–H groups in total. The monoisotopic (exact) mass is 289 g/mol. The Hall–Kier alpha value is -2.58. The molecule has 0 aliphatic heterocycles. The van der Waals surface area contributed by atoms with Gasteiger partial charge in [-0.25, -0.2) is 0 Å². The van der Waals surface area contributed by atoms with Gasteiger partial charge in [0.05, 0.1) is 0 Å². The van der Waals surface area contributed by atoms with E-state index in [1.54, 1.807) is 0 Å². The first-order chi connectivity index (χ1) is 10.8. The van der Waals surface area contributed by atoms with Crippen molar-refractivity contribution in [2.24, 2.45) is 0 Å². The van der Waals surface area contributed by atoms with Gasteiger partial charge in [0.25, 0.3) is 0 Å². The lowest BCUT2D eigenvalue weighted by atomic mass is 9.97. The van der Waals surface area contributed by atoms with Gasteiger partial charge in [-0.05, 0) is 6.07 Å². The van der Waals surface area contributed by atoms with E-state index in [-0.39, 0.29) is 6.04 Å². The van der Waals surface area contributed by atoms with Crippen LogP contribution in [0.25, 0.3) is 0 Å². The Kier molecular flexibility index (Phi) is 4.52. The molecule has 22 heavy (non-hydrogen) atoms. The van der Waals surface area contributed by atoms with Crippen molar-refractivity contribution >= 4 is 5.69 Å². The largest absolute Gasteiger partial charge is 0.398 e. The molecule has 0 aromatic heterocycles. The SMILES string of the molecule is Nc1ccccc1C([NH2+]Cc1ccccc1)c1ccccc1. The third-order valence-electron chi connectivity index (χ3n) is 3.92. The summed E-state index contributed by atoms with van der Waals surface area (Å²) < 4.78 is 0. The van der Waals surface area contributed by atoms with Gasteiger partial charge in [-0.3, -0.25) is 0 Å². The van der Waals surface area contributed by atoms with E-state index in [0.717, 1.165) is 12.2 Å². The van der Waals surface area contributed by atoms with Gasteiger partial charge in [0, 0.05) is 22.4 Å². The molecule has 2 nitrogen and oxygen atoms in total. The second kappa shape index (κ2) is 6.92. The zero-order valence-corrected chi connectivity index (χ0v) is 12.5. The molecule has 2 heteroatoms. The van der Waals surface area contributed by atoms with E-state index in [1.165, 1.54) is 16.7 Å². The zero-order valence-electron chi connectivity index (χ0n) is 12.5. The van der Waals surface area contributed by atoms with Crippen LogP contribution in [0.15, 0.2) is 84.9 Å². The maximum absolute atomic E-state index is 6.21. The molecule has 3 aromatic rings. The first kappa shape index (κ1) is 14.4. The lowest BCUT2D eigenvalue weighted by molar-refractivity contribution is -0.702. The number of rotatable bonds is 5. The molecule has 0 heterocycles. The molecule has 0 saturated carbocycles. The zero-order chi connectivity index (χ0) is 15.2. The molecule has 0 amide bonds.